The van der Waals surface area contributed by atoms with E-state index >= 15 is 0 Å². The fraction of sp³-hybridized carbons (Fsp3) is 0.800. The van der Waals surface area contributed by atoms with Crippen LogP contribution in [0.5, 0.6) is 0 Å². The predicted octanol–water partition coefficient (Wildman–Crippen LogP) is 1.08. The summed E-state index contributed by atoms with van der Waals surface area (Å²) in [7, 11) is 1.48. The van der Waals surface area contributed by atoms with E-state index in [0.717, 1.165) is 25.7 Å². The van der Waals surface area contributed by atoms with Crippen LogP contribution in [0.25, 0.3) is 0 Å². The molecule has 0 bridgehead atoms. The van der Waals surface area contributed by atoms with Gasteiger partial charge in [-0.2, -0.15) is 0 Å². The number of rotatable bonds is 2. The number of aliphatic carboxylic acids is 1. The molecular formula is C10H15NO4. The largest absolute Gasteiger partial charge is 0.480 e. The van der Waals surface area contributed by atoms with Gasteiger partial charge >= 0.3 is 12.1 Å². The number of nitrogens with zero attached hydrogens (tertiary/aromatic N) is 1. The minimum absolute atomic E-state index is 0.222. The lowest BCUT2D eigenvalue weighted by atomic mass is 9.95. The molecule has 5 heteroatoms. The van der Waals surface area contributed by atoms with Crippen LogP contribution in [0.1, 0.15) is 25.7 Å². The first-order valence-electron chi connectivity index (χ1n) is 5.27. The molecule has 1 saturated heterocycles. The molecule has 1 aliphatic carbocycles. The lowest BCUT2D eigenvalue weighted by Crippen LogP contribution is -2.43. The zero-order valence-corrected chi connectivity index (χ0v) is 8.68. The molecule has 5 nitrogen and oxygen atoms in total. The molecule has 2 fully saturated rings. The number of cyclic esters (lactones) is 1. The highest BCUT2D eigenvalue weighted by atomic mass is 16.6. The number of carbonyl (C=O) groups excluding carboxylic acids is 1. The molecule has 1 saturated carbocycles. The summed E-state index contributed by atoms with van der Waals surface area (Å²) in [4.78, 5) is 23.5. The van der Waals surface area contributed by atoms with Crippen molar-refractivity contribution in [3.63, 3.8) is 0 Å². The Morgan fingerprint density at radius 1 is 1.47 bits per heavy atom. The summed E-state index contributed by atoms with van der Waals surface area (Å²) in [5.41, 5.74) is 0. The summed E-state index contributed by atoms with van der Waals surface area (Å²) in [5.74, 6) is -0.750. The van der Waals surface area contributed by atoms with Crippen molar-refractivity contribution in [1.29, 1.82) is 0 Å². The van der Waals surface area contributed by atoms with E-state index in [1.807, 2.05) is 0 Å². The monoisotopic (exact) mass is 213 g/mol. The average Bonchev–Trinajstić information content (AvgIpc) is 2.75. The molecule has 2 aliphatic rings. The molecule has 2 atom stereocenters. The van der Waals surface area contributed by atoms with Crippen LogP contribution in [0.3, 0.4) is 0 Å². The van der Waals surface area contributed by atoms with Gasteiger partial charge in [0.1, 0.15) is 6.10 Å². The second-order valence-corrected chi connectivity index (χ2v) is 4.29. The SMILES string of the molecule is CN1C(=O)OC(C2CCCC2)C1C(=O)O. The Labute approximate surface area is 88.0 Å². The Balaban J connectivity index is 2.15. The summed E-state index contributed by atoms with van der Waals surface area (Å²) in [6.45, 7) is 0. The Hall–Kier alpha value is -1.26. The Bertz CT molecular complexity index is 285. The molecule has 1 heterocycles. The standard InChI is InChI=1S/C10H15NO4/c1-11-7(9(12)13)8(15-10(11)14)6-4-2-3-5-6/h6-8H,2-5H2,1H3,(H,12,13). The van der Waals surface area contributed by atoms with E-state index in [1.165, 1.54) is 11.9 Å². The van der Waals surface area contributed by atoms with Crippen LogP contribution in [0.2, 0.25) is 0 Å². The van der Waals surface area contributed by atoms with Crippen molar-refractivity contribution in [2.24, 2.45) is 5.92 Å². The fourth-order valence-electron chi connectivity index (χ4n) is 2.54. The molecular weight excluding hydrogens is 198 g/mol. The smallest absolute Gasteiger partial charge is 0.410 e. The number of carboxylic acids is 1. The van der Waals surface area contributed by atoms with Gasteiger partial charge in [-0.1, -0.05) is 12.8 Å². The van der Waals surface area contributed by atoms with Crippen LogP contribution in [-0.4, -0.2) is 41.3 Å². The van der Waals surface area contributed by atoms with Crippen LogP contribution in [0.4, 0.5) is 4.79 Å². The first kappa shape index (κ1) is 10.3. The second kappa shape index (κ2) is 3.72. The van der Waals surface area contributed by atoms with Gasteiger partial charge in [0, 0.05) is 7.05 Å². The van der Waals surface area contributed by atoms with Gasteiger partial charge in [-0.25, -0.2) is 9.59 Å². The van der Waals surface area contributed by atoms with Gasteiger partial charge in [0.25, 0.3) is 0 Å². The van der Waals surface area contributed by atoms with Crippen molar-refractivity contribution in [3.05, 3.63) is 0 Å². The summed E-state index contributed by atoms with van der Waals surface area (Å²) in [5, 5.41) is 9.06. The maximum Gasteiger partial charge on any atom is 0.410 e. The van der Waals surface area contributed by atoms with E-state index in [2.05, 4.69) is 0 Å². The van der Waals surface area contributed by atoms with Crippen molar-refractivity contribution in [1.82, 2.24) is 4.90 Å². The normalized spacial score (nSPS) is 32.1. The van der Waals surface area contributed by atoms with Crippen molar-refractivity contribution < 1.29 is 19.4 Å². The van der Waals surface area contributed by atoms with Crippen LogP contribution < -0.4 is 0 Å². The number of carbonyl (C=O) groups is 2. The molecule has 2 unspecified atom stereocenters. The van der Waals surface area contributed by atoms with Crippen molar-refractivity contribution in [2.75, 3.05) is 7.05 Å². The number of carboxylic acid groups (broad SMARTS) is 1. The Kier molecular flexibility index (Phi) is 2.54. The topological polar surface area (TPSA) is 66.8 Å². The van der Waals surface area contributed by atoms with Gasteiger partial charge in [-0.05, 0) is 18.8 Å². The molecule has 0 spiro atoms. The quantitative estimate of drug-likeness (QED) is 0.745. The maximum absolute atomic E-state index is 11.3. The van der Waals surface area contributed by atoms with E-state index < -0.39 is 24.2 Å². The number of hydrogen-bond acceptors (Lipinski definition) is 3. The van der Waals surface area contributed by atoms with Crippen molar-refractivity contribution in [3.8, 4) is 0 Å². The van der Waals surface area contributed by atoms with Gasteiger partial charge in [0.2, 0.25) is 0 Å². The number of ether oxygens (including phenoxy) is 1. The highest BCUT2D eigenvalue weighted by Crippen LogP contribution is 2.35. The van der Waals surface area contributed by atoms with Gasteiger partial charge in [-0.15, -0.1) is 0 Å². The highest BCUT2D eigenvalue weighted by molar-refractivity contribution is 5.83. The van der Waals surface area contributed by atoms with Gasteiger partial charge < -0.3 is 9.84 Å². The number of likely N-dealkylation sites (N-methyl/N-ethyl adjacent to an activating group) is 1. The van der Waals surface area contributed by atoms with Gasteiger partial charge in [0.05, 0.1) is 0 Å². The van der Waals surface area contributed by atoms with Gasteiger partial charge in [0.15, 0.2) is 6.04 Å². The van der Waals surface area contributed by atoms with Crippen molar-refractivity contribution in [2.45, 2.75) is 37.8 Å². The van der Waals surface area contributed by atoms with E-state index in [9.17, 15) is 9.59 Å². The van der Waals surface area contributed by atoms with Crippen molar-refractivity contribution >= 4 is 12.1 Å². The third-order valence-electron chi connectivity index (χ3n) is 3.37. The average molecular weight is 213 g/mol. The number of hydrogen-bond donors (Lipinski definition) is 1. The zero-order valence-electron chi connectivity index (χ0n) is 8.68. The molecule has 0 aromatic heterocycles. The first-order valence-corrected chi connectivity index (χ1v) is 5.27. The minimum atomic E-state index is -0.972. The summed E-state index contributed by atoms with van der Waals surface area (Å²) >= 11 is 0. The van der Waals surface area contributed by atoms with Gasteiger partial charge in [-0.3, -0.25) is 4.90 Å². The molecule has 0 aromatic carbocycles. The highest BCUT2D eigenvalue weighted by Gasteiger charge is 2.48. The Morgan fingerprint density at radius 2 is 2.07 bits per heavy atom. The lowest BCUT2D eigenvalue weighted by Gasteiger charge is -2.21. The van der Waals surface area contributed by atoms with Crippen LogP contribution in [0, 0.1) is 5.92 Å². The zero-order chi connectivity index (χ0) is 11.0. The van der Waals surface area contributed by atoms with E-state index in [0.29, 0.717) is 0 Å². The van der Waals surface area contributed by atoms with E-state index in [1.54, 1.807) is 0 Å². The van der Waals surface area contributed by atoms with Crippen LogP contribution in [-0.2, 0) is 9.53 Å². The molecule has 1 N–H and O–H groups in total. The first-order chi connectivity index (χ1) is 7.11. The van der Waals surface area contributed by atoms with E-state index in [-0.39, 0.29) is 5.92 Å². The predicted molar refractivity (Wildman–Crippen MR) is 51.4 cm³/mol. The third kappa shape index (κ3) is 1.66. The molecule has 2 rings (SSSR count). The second-order valence-electron chi connectivity index (χ2n) is 4.29. The molecule has 0 aromatic rings. The summed E-state index contributed by atoms with van der Waals surface area (Å²) in [6, 6.07) is -0.805. The van der Waals surface area contributed by atoms with Crippen LogP contribution in [0.15, 0.2) is 0 Å². The molecule has 84 valence electrons. The minimum Gasteiger partial charge on any atom is -0.480 e. The molecule has 0 radical (unpaired) electrons. The fourth-order valence-corrected chi connectivity index (χ4v) is 2.54. The summed E-state index contributed by atoms with van der Waals surface area (Å²) in [6.07, 6.45) is 3.18. The third-order valence-corrected chi connectivity index (χ3v) is 3.37. The molecule has 1 aliphatic heterocycles. The maximum atomic E-state index is 11.3. The molecule has 1 amide bonds. The van der Waals surface area contributed by atoms with E-state index in [4.69, 9.17) is 9.84 Å². The summed E-state index contributed by atoms with van der Waals surface area (Å²) < 4.78 is 5.14. The lowest BCUT2D eigenvalue weighted by molar-refractivity contribution is -0.143. The molecule has 15 heavy (non-hydrogen) atoms. The number of amides is 1. The van der Waals surface area contributed by atoms with Crippen LogP contribution >= 0.6 is 0 Å². The Morgan fingerprint density at radius 3 is 2.60 bits per heavy atom.